The van der Waals surface area contributed by atoms with Crippen LogP contribution < -0.4 is 0 Å². The van der Waals surface area contributed by atoms with Crippen LogP contribution in [0.1, 0.15) is 40.5 Å². The van der Waals surface area contributed by atoms with Gasteiger partial charge in [-0.3, -0.25) is 0 Å². The van der Waals surface area contributed by atoms with Crippen LogP contribution in [0.15, 0.2) is 24.3 Å². The summed E-state index contributed by atoms with van der Waals surface area (Å²) >= 11 is 0. The summed E-state index contributed by atoms with van der Waals surface area (Å²) in [7, 11) is 0. The lowest BCUT2D eigenvalue weighted by Crippen LogP contribution is -2.34. The highest BCUT2D eigenvalue weighted by atomic mass is 16.5. The SMILES string of the molecule is CCOC(=O)/C=C\C=C\[C@@]1(C)CC[C@@H](CO)C1(C)C. The van der Waals surface area contributed by atoms with Crippen molar-refractivity contribution < 1.29 is 14.6 Å². The highest BCUT2D eigenvalue weighted by Gasteiger charge is 2.49. The molecule has 0 aromatic heterocycles. The zero-order valence-corrected chi connectivity index (χ0v) is 12.5. The summed E-state index contributed by atoms with van der Waals surface area (Å²) in [6.07, 6.45) is 9.35. The molecule has 1 aliphatic carbocycles. The predicted molar refractivity (Wildman–Crippen MR) is 76.6 cm³/mol. The highest BCUT2D eigenvalue weighted by Crippen LogP contribution is 2.56. The Morgan fingerprint density at radius 2 is 2.05 bits per heavy atom. The number of rotatable bonds is 5. The molecule has 0 saturated heterocycles. The quantitative estimate of drug-likeness (QED) is 0.472. The van der Waals surface area contributed by atoms with Crippen LogP contribution in [0.4, 0.5) is 0 Å². The first-order chi connectivity index (χ1) is 8.87. The van der Waals surface area contributed by atoms with Crippen LogP contribution in [0.2, 0.25) is 0 Å². The van der Waals surface area contributed by atoms with Gasteiger partial charge in [0.1, 0.15) is 0 Å². The maximum absolute atomic E-state index is 11.2. The third-order valence-electron chi connectivity index (χ3n) is 4.82. The number of carbonyl (C=O) groups excluding carboxylic acids is 1. The van der Waals surface area contributed by atoms with E-state index >= 15 is 0 Å². The van der Waals surface area contributed by atoms with Gasteiger partial charge in [0.05, 0.1) is 6.61 Å². The molecular formula is C16H26O3. The minimum atomic E-state index is -0.309. The van der Waals surface area contributed by atoms with Crippen LogP contribution in [0.5, 0.6) is 0 Å². The molecule has 19 heavy (non-hydrogen) atoms. The summed E-state index contributed by atoms with van der Waals surface area (Å²) in [4.78, 5) is 11.2. The molecule has 2 atom stereocenters. The first kappa shape index (κ1) is 16.0. The summed E-state index contributed by atoms with van der Waals surface area (Å²) in [5.41, 5.74) is 0.120. The number of carbonyl (C=O) groups is 1. The molecule has 108 valence electrons. The lowest BCUT2D eigenvalue weighted by Gasteiger charge is -2.39. The smallest absolute Gasteiger partial charge is 0.330 e. The van der Waals surface area contributed by atoms with Gasteiger partial charge in [-0.2, -0.15) is 0 Å². The van der Waals surface area contributed by atoms with Gasteiger partial charge in [-0.15, -0.1) is 0 Å². The Kier molecular flexibility index (Phi) is 5.36. The molecule has 3 heteroatoms. The third-order valence-corrected chi connectivity index (χ3v) is 4.82. The van der Waals surface area contributed by atoms with Crippen LogP contribution in [0.25, 0.3) is 0 Å². The molecular weight excluding hydrogens is 240 g/mol. The lowest BCUT2D eigenvalue weighted by atomic mass is 9.66. The standard InChI is InChI=1S/C16H26O3/c1-5-19-14(18)8-6-7-10-16(4)11-9-13(12-17)15(16,2)3/h6-8,10,13,17H,5,9,11-12H2,1-4H3/b8-6-,10-7+/t13-,16-/m0/s1. The van der Waals surface area contributed by atoms with Gasteiger partial charge in [0.2, 0.25) is 0 Å². The molecule has 0 amide bonds. The largest absolute Gasteiger partial charge is 0.463 e. The van der Waals surface area contributed by atoms with Crippen molar-refractivity contribution in [2.24, 2.45) is 16.7 Å². The average molecular weight is 266 g/mol. The first-order valence-electron chi connectivity index (χ1n) is 7.01. The summed E-state index contributed by atoms with van der Waals surface area (Å²) in [5.74, 6) is 0.0346. The van der Waals surface area contributed by atoms with Crippen molar-refractivity contribution in [1.29, 1.82) is 0 Å². The number of aliphatic hydroxyl groups is 1. The van der Waals surface area contributed by atoms with Gasteiger partial charge >= 0.3 is 5.97 Å². The number of ether oxygens (including phenoxy) is 1. The van der Waals surface area contributed by atoms with Crippen molar-refractivity contribution in [3.05, 3.63) is 24.3 Å². The summed E-state index contributed by atoms with van der Waals surface area (Å²) in [6.45, 7) is 9.07. The molecule has 0 aliphatic heterocycles. The average Bonchev–Trinajstić information content (AvgIpc) is 2.57. The van der Waals surface area contributed by atoms with Crippen molar-refractivity contribution in [3.8, 4) is 0 Å². The van der Waals surface area contributed by atoms with E-state index in [1.54, 1.807) is 13.0 Å². The Labute approximate surface area is 116 Å². The fraction of sp³-hybridized carbons (Fsp3) is 0.688. The van der Waals surface area contributed by atoms with Crippen LogP contribution in [0.3, 0.4) is 0 Å². The molecule has 1 rings (SSSR count). The van der Waals surface area contributed by atoms with Gasteiger partial charge in [0, 0.05) is 12.7 Å². The highest BCUT2D eigenvalue weighted by molar-refractivity contribution is 5.82. The second-order valence-electron chi connectivity index (χ2n) is 6.03. The second-order valence-corrected chi connectivity index (χ2v) is 6.03. The van der Waals surface area contributed by atoms with Gasteiger partial charge in [-0.1, -0.05) is 39.0 Å². The minimum Gasteiger partial charge on any atom is -0.463 e. The van der Waals surface area contributed by atoms with Gasteiger partial charge < -0.3 is 9.84 Å². The fourth-order valence-electron chi connectivity index (χ4n) is 2.83. The fourth-order valence-corrected chi connectivity index (χ4v) is 2.83. The van der Waals surface area contributed by atoms with E-state index in [1.165, 1.54) is 6.08 Å². The van der Waals surface area contributed by atoms with Crippen molar-refractivity contribution in [2.75, 3.05) is 13.2 Å². The Morgan fingerprint density at radius 1 is 1.37 bits per heavy atom. The number of hydrogen-bond acceptors (Lipinski definition) is 3. The van der Waals surface area contributed by atoms with E-state index in [0.29, 0.717) is 12.5 Å². The topological polar surface area (TPSA) is 46.5 Å². The molecule has 1 aliphatic rings. The van der Waals surface area contributed by atoms with Crippen molar-refractivity contribution in [2.45, 2.75) is 40.5 Å². The normalized spacial score (nSPS) is 30.3. The predicted octanol–water partition coefficient (Wildman–Crippen LogP) is 3.10. The van der Waals surface area contributed by atoms with Crippen LogP contribution >= 0.6 is 0 Å². The maximum Gasteiger partial charge on any atom is 0.330 e. The van der Waals surface area contributed by atoms with E-state index in [2.05, 4.69) is 26.8 Å². The van der Waals surface area contributed by atoms with E-state index in [4.69, 9.17) is 4.74 Å². The van der Waals surface area contributed by atoms with Crippen LogP contribution in [-0.2, 0) is 9.53 Å². The van der Waals surface area contributed by atoms with Crippen LogP contribution in [-0.4, -0.2) is 24.3 Å². The van der Waals surface area contributed by atoms with Crippen molar-refractivity contribution >= 4 is 5.97 Å². The number of aliphatic hydroxyl groups excluding tert-OH is 1. The molecule has 3 nitrogen and oxygen atoms in total. The molecule has 0 aromatic carbocycles. The van der Waals surface area contributed by atoms with E-state index in [-0.39, 0.29) is 23.4 Å². The van der Waals surface area contributed by atoms with Gasteiger partial charge in [0.25, 0.3) is 0 Å². The van der Waals surface area contributed by atoms with Gasteiger partial charge in [-0.05, 0) is 36.5 Å². The van der Waals surface area contributed by atoms with E-state index < -0.39 is 0 Å². The molecule has 0 spiro atoms. The summed E-state index contributed by atoms with van der Waals surface area (Å²) in [5, 5.41) is 9.44. The lowest BCUT2D eigenvalue weighted by molar-refractivity contribution is -0.137. The number of allylic oxidation sites excluding steroid dienone is 3. The Bertz CT molecular complexity index is 368. The molecule has 0 heterocycles. The molecule has 1 saturated carbocycles. The zero-order chi connectivity index (χ0) is 14.5. The van der Waals surface area contributed by atoms with Crippen LogP contribution in [0, 0.1) is 16.7 Å². The Hall–Kier alpha value is -1.09. The Morgan fingerprint density at radius 3 is 2.58 bits per heavy atom. The van der Waals surface area contributed by atoms with Crippen molar-refractivity contribution in [1.82, 2.24) is 0 Å². The van der Waals surface area contributed by atoms with Gasteiger partial charge in [-0.25, -0.2) is 4.79 Å². The summed E-state index contributed by atoms with van der Waals surface area (Å²) < 4.78 is 4.82. The van der Waals surface area contributed by atoms with E-state index in [9.17, 15) is 9.90 Å². The maximum atomic E-state index is 11.2. The van der Waals surface area contributed by atoms with E-state index in [1.807, 2.05) is 6.08 Å². The molecule has 0 unspecified atom stereocenters. The monoisotopic (exact) mass is 266 g/mol. The van der Waals surface area contributed by atoms with Crippen molar-refractivity contribution in [3.63, 3.8) is 0 Å². The zero-order valence-electron chi connectivity index (χ0n) is 12.5. The molecule has 0 radical (unpaired) electrons. The molecule has 0 bridgehead atoms. The molecule has 1 N–H and O–H groups in total. The van der Waals surface area contributed by atoms with E-state index in [0.717, 1.165) is 12.8 Å². The van der Waals surface area contributed by atoms with Gasteiger partial charge in [0.15, 0.2) is 0 Å². The second kappa shape index (κ2) is 6.38. The number of hydrogen-bond donors (Lipinski definition) is 1. The number of esters is 1. The summed E-state index contributed by atoms with van der Waals surface area (Å²) in [6, 6.07) is 0. The molecule has 0 aromatic rings. The molecule has 1 fully saturated rings. The third kappa shape index (κ3) is 3.47. The Balaban J connectivity index is 2.68. The first-order valence-corrected chi connectivity index (χ1v) is 7.01. The minimum absolute atomic E-state index is 0.0550.